The zero-order valence-electron chi connectivity index (χ0n) is 24.0. The first kappa shape index (κ1) is 29.5. The molecule has 1 aromatic heterocycles. The number of methoxy groups -OCH3 is 2. The number of halogens is 1. The van der Waals surface area contributed by atoms with Gasteiger partial charge < -0.3 is 39.6 Å². The van der Waals surface area contributed by atoms with Gasteiger partial charge in [0.1, 0.15) is 5.75 Å². The van der Waals surface area contributed by atoms with Crippen LogP contribution in [0.3, 0.4) is 0 Å². The molecular formula is C30H34BrN5O6. The first-order valence-corrected chi connectivity index (χ1v) is 14.7. The van der Waals surface area contributed by atoms with Crippen molar-refractivity contribution in [1.82, 2.24) is 14.8 Å². The minimum Gasteiger partial charge on any atom is -0.495 e. The van der Waals surface area contributed by atoms with E-state index in [0.717, 1.165) is 24.2 Å². The highest BCUT2D eigenvalue weighted by Gasteiger charge is 2.37. The van der Waals surface area contributed by atoms with Crippen LogP contribution in [0.25, 0.3) is 17.0 Å². The second-order valence-electron chi connectivity index (χ2n) is 10.5. The number of nitrogen functional groups attached to an aromatic ring is 1. The molecule has 1 fully saturated rings. The van der Waals surface area contributed by atoms with Gasteiger partial charge >= 0.3 is 12.1 Å². The Labute approximate surface area is 252 Å². The summed E-state index contributed by atoms with van der Waals surface area (Å²) in [4.78, 5) is 48.5. The van der Waals surface area contributed by atoms with Crippen LogP contribution >= 0.6 is 15.9 Å². The number of carbonyl (C=O) groups excluding carboxylic acids is 3. The van der Waals surface area contributed by atoms with Crippen LogP contribution < -0.4 is 20.1 Å². The fourth-order valence-electron chi connectivity index (χ4n) is 5.56. The Morgan fingerprint density at radius 1 is 1.12 bits per heavy atom. The number of carbonyl (C=O) groups is 3. The number of alkyl halides is 1. The fourth-order valence-corrected chi connectivity index (χ4v) is 6.09. The lowest BCUT2D eigenvalue weighted by Crippen LogP contribution is -2.48. The van der Waals surface area contributed by atoms with Gasteiger partial charge in [-0.3, -0.25) is 4.79 Å². The number of fused-ring (bicyclic) bond motifs is 3. The molecule has 2 amide bonds. The first-order chi connectivity index (χ1) is 20.2. The highest BCUT2D eigenvalue weighted by molar-refractivity contribution is 9.09. The Morgan fingerprint density at radius 2 is 1.86 bits per heavy atom. The standard InChI is InChI=1S/C30H34BrN5O6/c1-17-25(29(38)41-4)27-26-19(15-31)16-36(24(37)8-6-18-5-7-22(40-3)20(32)13-18)21(26)14-23(28(27)33-17)42-30(39)35-11-9-34(2)10-12-35/h5-8,13-14,19,33H,9-12,15-16,32H2,1-4H3/b8-6+/t19-/m1/s1. The molecular weight excluding hydrogens is 606 g/mol. The van der Waals surface area contributed by atoms with E-state index < -0.39 is 12.1 Å². The van der Waals surface area contributed by atoms with Crippen molar-refractivity contribution in [3.63, 3.8) is 0 Å². The number of piperazine rings is 1. The van der Waals surface area contributed by atoms with Gasteiger partial charge in [0.2, 0.25) is 0 Å². The van der Waals surface area contributed by atoms with Gasteiger partial charge in [0.15, 0.2) is 5.75 Å². The third kappa shape index (κ3) is 5.43. The number of aromatic amines is 1. The van der Waals surface area contributed by atoms with E-state index in [4.69, 9.17) is 19.9 Å². The average Bonchev–Trinajstić information content (AvgIpc) is 3.53. The number of anilines is 2. The molecule has 42 heavy (non-hydrogen) atoms. The maximum absolute atomic E-state index is 13.6. The number of amides is 2. The predicted molar refractivity (Wildman–Crippen MR) is 165 cm³/mol. The number of ether oxygens (including phenoxy) is 3. The summed E-state index contributed by atoms with van der Waals surface area (Å²) in [6, 6.07) is 6.99. The lowest BCUT2D eigenvalue weighted by molar-refractivity contribution is -0.114. The Balaban J connectivity index is 1.58. The number of benzene rings is 2. The van der Waals surface area contributed by atoms with Gasteiger partial charge in [0.25, 0.3) is 5.91 Å². The SMILES string of the molecule is COC(=O)c1c(C)[nH]c2c(OC(=O)N3CCN(C)CC3)cc3c(c12)[C@H](CBr)CN3C(=O)/C=C/c1ccc(OC)c(N)c1. The van der Waals surface area contributed by atoms with Crippen molar-refractivity contribution in [2.45, 2.75) is 12.8 Å². The number of aryl methyl sites for hydroxylation is 1. The molecule has 2 aliphatic heterocycles. The predicted octanol–water partition coefficient (Wildman–Crippen LogP) is 4.14. The van der Waals surface area contributed by atoms with E-state index in [1.54, 1.807) is 48.1 Å². The Kier molecular flexibility index (Phi) is 8.46. The van der Waals surface area contributed by atoms with Crippen LogP contribution in [0.1, 0.15) is 33.1 Å². The van der Waals surface area contributed by atoms with Gasteiger partial charge in [-0.25, -0.2) is 9.59 Å². The van der Waals surface area contributed by atoms with Crippen molar-refractivity contribution in [2.75, 3.05) is 70.0 Å². The van der Waals surface area contributed by atoms with Crippen molar-refractivity contribution in [1.29, 1.82) is 0 Å². The Morgan fingerprint density at radius 3 is 2.50 bits per heavy atom. The van der Waals surface area contributed by atoms with Crippen molar-refractivity contribution >= 4 is 62.3 Å². The van der Waals surface area contributed by atoms with Gasteiger partial charge in [0.05, 0.1) is 36.7 Å². The lowest BCUT2D eigenvalue weighted by atomic mass is 9.95. The van der Waals surface area contributed by atoms with Crippen LogP contribution in [0, 0.1) is 6.92 Å². The molecule has 0 bridgehead atoms. The summed E-state index contributed by atoms with van der Waals surface area (Å²) < 4.78 is 16.3. The van der Waals surface area contributed by atoms with Gasteiger partial charge in [-0.05, 0) is 43.3 Å². The van der Waals surface area contributed by atoms with Crippen molar-refractivity contribution in [2.24, 2.45) is 0 Å². The summed E-state index contributed by atoms with van der Waals surface area (Å²) >= 11 is 3.60. The minimum atomic E-state index is -0.515. The lowest BCUT2D eigenvalue weighted by Gasteiger charge is -2.31. The molecule has 0 radical (unpaired) electrons. The summed E-state index contributed by atoms with van der Waals surface area (Å²) in [6.07, 6.45) is 2.68. The maximum Gasteiger partial charge on any atom is 0.415 e. The molecule has 222 valence electrons. The largest absolute Gasteiger partial charge is 0.495 e. The van der Waals surface area contributed by atoms with E-state index in [-0.39, 0.29) is 17.6 Å². The zero-order valence-corrected chi connectivity index (χ0v) is 25.6. The van der Waals surface area contributed by atoms with E-state index in [1.165, 1.54) is 13.2 Å². The Hall–Kier alpha value is -4.03. The van der Waals surface area contributed by atoms with Crippen LogP contribution in [0.4, 0.5) is 16.2 Å². The van der Waals surface area contributed by atoms with Gasteiger partial charge in [-0.15, -0.1) is 0 Å². The molecule has 0 unspecified atom stereocenters. The highest BCUT2D eigenvalue weighted by atomic mass is 79.9. The van der Waals surface area contributed by atoms with E-state index in [9.17, 15) is 14.4 Å². The summed E-state index contributed by atoms with van der Waals surface area (Å²) in [5.74, 6) is -0.114. The molecule has 1 saturated heterocycles. The molecule has 0 saturated carbocycles. The molecule has 11 nitrogen and oxygen atoms in total. The number of nitrogens with zero attached hydrogens (tertiary/aromatic N) is 3. The number of likely N-dealkylation sites (N-methyl/N-ethyl adjacent to an activating group) is 1. The number of rotatable bonds is 6. The van der Waals surface area contributed by atoms with Crippen LogP contribution in [-0.4, -0.2) is 92.1 Å². The summed E-state index contributed by atoms with van der Waals surface area (Å²) in [5.41, 5.74) is 10.1. The maximum atomic E-state index is 13.6. The van der Waals surface area contributed by atoms with Crippen LogP contribution in [0.15, 0.2) is 30.3 Å². The van der Waals surface area contributed by atoms with Crippen LogP contribution in [0.2, 0.25) is 0 Å². The third-order valence-electron chi connectivity index (χ3n) is 7.82. The van der Waals surface area contributed by atoms with E-state index >= 15 is 0 Å². The molecule has 5 rings (SSSR count). The van der Waals surface area contributed by atoms with E-state index in [1.807, 2.05) is 13.1 Å². The average molecular weight is 641 g/mol. The minimum absolute atomic E-state index is 0.127. The zero-order chi connectivity index (χ0) is 30.1. The Bertz CT molecular complexity index is 1580. The molecule has 3 aromatic rings. The van der Waals surface area contributed by atoms with Gasteiger partial charge in [-0.2, -0.15) is 0 Å². The van der Waals surface area contributed by atoms with Crippen molar-refractivity contribution < 1.29 is 28.6 Å². The number of nitrogens with two attached hydrogens (primary N) is 1. The number of nitrogens with one attached hydrogen (secondary N) is 1. The first-order valence-electron chi connectivity index (χ1n) is 13.6. The normalized spacial score (nSPS) is 17.1. The smallest absolute Gasteiger partial charge is 0.415 e. The van der Waals surface area contributed by atoms with E-state index in [2.05, 4.69) is 25.8 Å². The quantitative estimate of drug-likeness (QED) is 0.178. The second kappa shape index (κ2) is 12.1. The number of hydrogen-bond acceptors (Lipinski definition) is 8. The van der Waals surface area contributed by atoms with Gasteiger partial charge in [-0.1, -0.05) is 22.0 Å². The fraction of sp³-hybridized carbons (Fsp3) is 0.367. The molecule has 2 aliphatic rings. The summed E-state index contributed by atoms with van der Waals surface area (Å²) in [6.45, 7) is 4.70. The molecule has 0 spiro atoms. The topological polar surface area (TPSA) is 130 Å². The monoisotopic (exact) mass is 639 g/mol. The molecule has 3 heterocycles. The van der Waals surface area contributed by atoms with Crippen LogP contribution in [0.5, 0.6) is 11.5 Å². The molecule has 1 atom stereocenters. The van der Waals surface area contributed by atoms with E-state index in [0.29, 0.717) is 64.2 Å². The third-order valence-corrected chi connectivity index (χ3v) is 8.60. The summed E-state index contributed by atoms with van der Waals surface area (Å²) in [5, 5.41) is 1.13. The molecule has 2 aromatic carbocycles. The number of aromatic nitrogens is 1. The molecule has 0 aliphatic carbocycles. The van der Waals surface area contributed by atoms with Crippen molar-refractivity contribution in [3.05, 3.63) is 52.7 Å². The van der Waals surface area contributed by atoms with Gasteiger partial charge in [0, 0.05) is 67.2 Å². The van der Waals surface area contributed by atoms with Crippen molar-refractivity contribution in [3.8, 4) is 11.5 Å². The summed E-state index contributed by atoms with van der Waals surface area (Å²) in [7, 11) is 4.88. The second-order valence-corrected chi connectivity index (χ2v) is 11.1. The molecule has 3 N–H and O–H groups in total. The number of H-pyrrole nitrogens is 1. The number of hydrogen-bond donors (Lipinski definition) is 2. The highest BCUT2D eigenvalue weighted by Crippen LogP contribution is 2.47. The van der Waals surface area contributed by atoms with Crippen LogP contribution in [-0.2, 0) is 9.53 Å². The molecule has 12 heteroatoms. The number of esters is 1.